The molecule has 0 fully saturated rings. The van der Waals surface area contributed by atoms with Gasteiger partial charge in [-0.3, -0.25) is 0 Å². The molecule has 3 aromatic rings. The first-order chi connectivity index (χ1) is 10.3. The Morgan fingerprint density at radius 2 is 1.95 bits per heavy atom. The molecule has 2 aromatic carbocycles. The summed E-state index contributed by atoms with van der Waals surface area (Å²) in [6, 6.07) is 19.1. The van der Waals surface area contributed by atoms with Crippen molar-refractivity contribution in [2.45, 2.75) is 6.61 Å². The van der Waals surface area contributed by atoms with Crippen molar-refractivity contribution in [3.8, 4) is 17.5 Å². The third kappa shape index (κ3) is 3.10. The maximum atomic E-state index is 8.86. The highest BCUT2D eigenvalue weighted by molar-refractivity contribution is 5.36. The third-order valence-electron chi connectivity index (χ3n) is 3.03. The Morgan fingerprint density at radius 3 is 2.76 bits per heavy atom. The minimum Gasteiger partial charge on any atom is -0.489 e. The largest absolute Gasteiger partial charge is 0.489 e. The van der Waals surface area contributed by atoms with Crippen molar-refractivity contribution < 1.29 is 4.74 Å². The SMILES string of the molecule is N#Cc1cccc(OCc2cnn(-c3ccccc3)c2)c1. The standard InChI is InChI=1S/C17H13N3O/c18-10-14-5-4-8-17(9-14)21-13-15-11-19-20(12-15)16-6-2-1-3-7-16/h1-9,11-12H,13H2. The molecule has 0 amide bonds. The number of benzene rings is 2. The van der Waals surface area contributed by atoms with Gasteiger partial charge in [0, 0.05) is 11.8 Å². The van der Waals surface area contributed by atoms with Crippen LogP contribution >= 0.6 is 0 Å². The molecule has 0 unspecified atom stereocenters. The summed E-state index contributed by atoms with van der Waals surface area (Å²) in [5, 5.41) is 13.2. The van der Waals surface area contributed by atoms with Crippen LogP contribution in [0.2, 0.25) is 0 Å². The average molecular weight is 275 g/mol. The molecule has 0 spiro atoms. The van der Waals surface area contributed by atoms with Crippen LogP contribution in [0.15, 0.2) is 67.0 Å². The Morgan fingerprint density at radius 1 is 1.10 bits per heavy atom. The van der Waals surface area contributed by atoms with E-state index in [1.54, 1.807) is 24.4 Å². The lowest BCUT2D eigenvalue weighted by molar-refractivity contribution is 0.306. The van der Waals surface area contributed by atoms with Crippen LogP contribution < -0.4 is 4.74 Å². The molecule has 0 aliphatic heterocycles. The number of nitrogens with zero attached hydrogens (tertiary/aromatic N) is 3. The second-order valence-corrected chi connectivity index (χ2v) is 4.56. The van der Waals surface area contributed by atoms with E-state index in [1.807, 2.05) is 47.3 Å². The van der Waals surface area contributed by atoms with Crippen LogP contribution in [0.3, 0.4) is 0 Å². The minimum absolute atomic E-state index is 0.418. The number of nitriles is 1. The van der Waals surface area contributed by atoms with E-state index in [1.165, 1.54) is 0 Å². The van der Waals surface area contributed by atoms with Crippen molar-refractivity contribution in [1.29, 1.82) is 5.26 Å². The van der Waals surface area contributed by atoms with E-state index in [0.29, 0.717) is 17.9 Å². The van der Waals surface area contributed by atoms with Gasteiger partial charge in [0.15, 0.2) is 0 Å². The fraction of sp³-hybridized carbons (Fsp3) is 0.0588. The van der Waals surface area contributed by atoms with Crippen LogP contribution in [-0.2, 0) is 6.61 Å². The molecule has 3 rings (SSSR count). The first-order valence-corrected chi connectivity index (χ1v) is 6.57. The van der Waals surface area contributed by atoms with E-state index in [2.05, 4.69) is 11.2 Å². The molecular formula is C17H13N3O. The van der Waals surface area contributed by atoms with Crippen LogP contribution in [0.1, 0.15) is 11.1 Å². The number of hydrogen-bond acceptors (Lipinski definition) is 3. The molecule has 0 saturated carbocycles. The molecule has 21 heavy (non-hydrogen) atoms. The molecule has 1 heterocycles. The lowest BCUT2D eigenvalue weighted by Crippen LogP contribution is -1.95. The molecule has 4 nitrogen and oxygen atoms in total. The van der Waals surface area contributed by atoms with Gasteiger partial charge in [0.2, 0.25) is 0 Å². The zero-order chi connectivity index (χ0) is 14.5. The predicted molar refractivity (Wildman–Crippen MR) is 79.1 cm³/mol. The summed E-state index contributed by atoms with van der Waals surface area (Å²) in [7, 11) is 0. The number of para-hydroxylation sites is 1. The summed E-state index contributed by atoms with van der Waals surface area (Å²) in [5.41, 5.74) is 2.57. The van der Waals surface area contributed by atoms with Crippen molar-refractivity contribution in [3.05, 3.63) is 78.1 Å². The van der Waals surface area contributed by atoms with Gasteiger partial charge in [0.25, 0.3) is 0 Å². The molecule has 0 atom stereocenters. The van der Waals surface area contributed by atoms with Crippen molar-refractivity contribution >= 4 is 0 Å². The van der Waals surface area contributed by atoms with Gasteiger partial charge in [-0.05, 0) is 30.3 Å². The van der Waals surface area contributed by atoms with Gasteiger partial charge in [-0.1, -0.05) is 24.3 Å². The molecule has 0 aliphatic rings. The van der Waals surface area contributed by atoms with Crippen LogP contribution in [0, 0.1) is 11.3 Å². The zero-order valence-corrected chi connectivity index (χ0v) is 11.3. The summed E-state index contributed by atoms with van der Waals surface area (Å²) >= 11 is 0. The predicted octanol–water partition coefficient (Wildman–Crippen LogP) is 3.32. The van der Waals surface area contributed by atoms with E-state index < -0.39 is 0 Å². The van der Waals surface area contributed by atoms with E-state index in [0.717, 1.165) is 11.3 Å². The van der Waals surface area contributed by atoms with Gasteiger partial charge in [0.1, 0.15) is 12.4 Å². The second-order valence-electron chi connectivity index (χ2n) is 4.56. The molecule has 4 heteroatoms. The maximum absolute atomic E-state index is 8.86. The van der Waals surface area contributed by atoms with E-state index in [-0.39, 0.29) is 0 Å². The third-order valence-corrected chi connectivity index (χ3v) is 3.03. The van der Waals surface area contributed by atoms with Gasteiger partial charge in [0.05, 0.1) is 23.5 Å². The van der Waals surface area contributed by atoms with Crippen LogP contribution in [0.5, 0.6) is 5.75 Å². The Kier molecular flexibility index (Phi) is 3.66. The highest BCUT2D eigenvalue weighted by Gasteiger charge is 2.02. The molecule has 0 saturated heterocycles. The highest BCUT2D eigenvalue weighted by Crippen LogP contribution is 2.15. The second kappa shape index (κ2) is 5.93. The number of hydrogen-bond donors (Lipinski definition) is 0. The molecule has 0 bridgehead atoms. The summed E-state index contributed by atoms with van der Waals surface area (Å²) in [6.45, 7) is 0.418. The summed E-state index contributed by atoms with van der Waals surface area (Å²) in [5.74, 6) is 0.682. The van der Waals surface area contributed by atoms with E-state index in [4.69, 9.17) is 10.00 Å². The van der Waals surface area contributed by atoms with Crippen molar-refractivity contribution in [2.24, 2.45) is 0 Å². The molecule has 102 valence electrons. The van der Waals surface area contributed by atoms with Crippen molar-refractivity contribution in [3.63, 3.8) is 0 Å². The average Bonchev–Trinajstić information content (AvgIpc) is 3.03. The fourth-order valence-corrected chi connectivity index (χ4v) is 1.98. The monoisotopic (exact) mass is 275 g/mol. The minimum atomic E-state index is 0.418. The van der Waals surface area contributed by atoms with Crippen LogP contribution in [-0.4, -0.2) is 9.78 Å². The molecule has 0 aliphatic carbocycles. The normalized spacial score (nSPS) is 10.0. The maximum Gasteiger partial charge on any atom is 0.121 e. The molecular weight excluding hydrogens is 262 g/mol. The van der Waals surface area contributed by atoms with Gasteiger partial charge in [-0.25, -0.2) is 4.68 Å². The molecule has 0 radical (unpaired) electrons. The smallest absolute Gasteiger partial charge is 0.121 e. The Hall–Kier alpha value is -3.06. The van der Waals surface area contributed by atoms with Crippen LogP contribution in [0.4, 0.5) is 0 Å². The molecule has 0 N–H and O–H groups in total. The van der Waals surface area contributed by atoms with Crippen LogP contribution in [0.25, 0.3) is 5.69 Å². The van der Waals surface area contributed by atoms with Gasteiger partial charge in [-0.15, -0.1) is 0 Å². The van der Waals surface area contributed by atoms with Gasteiger partial charge in [-0.2, -0.15) is 10.4 Å². The summed E-state index contributed by atoms with van der Waals surface area (Å²) in [4.78, 5) is 0. The molecule has 1 aromatic heterocycles. The van der Waals surface area contributed by atoms with Gasteiger partial charge >= 0.3 is 0 Å². The Bertz CT molecular complexity index is 772. The van der Waals surface area contributed by atoms with E-state index in [9.17, 15) is 0 Å². The first-order valence-electron chi connectivity index (χ1n) is 6.57. The topological polar surface area (TPSA) is 50.8 Å². The Labute approximate surface area is 122 Å². The van der Waals surface area contributed by atoms with Crippen molar-refractivity contribution in [2.75, 3.05) is 0 Å². The highest BCUT2D eigenvalue weighted by atomic mass is 16.5. The van der Waals surface area contributed by atoms with Crippen molar-refractivity contribution in [1.82, 2.24) is 9.78 Å². The first kappa shape index (κ1) is 12.9. The quantitative estimate of drug-likeness (QED) is 0.734. The zero-order valence-electron chi connectivity index (χ0n) is 11.3. The fourth-order valence-electron chi connectivity index (χ4n) is 1.98. The van der Waals surface area contributed by atoms with E-state index >= 15 is 0 Å². The summed E-state index contributed by atoms with van der Waals surface area (Å²) in [6.07, 6.45) is 3.71. The number of rotatable bonds is 4. The number of aromatic nitrogens is 2. The van der Waals surface area contributed by atoms with Gasteiger partial charge < -0.3 is 4.74 Å². The lowest BCUT2D eigenvalue weighted by atomic mass is 10.2. The lowest BCUT2D eigenvalue weighted by Gasteiger charge is -2.04. The summed E-state index contributed by atoms with van der Waals surface area (Å²) < 4.78 is 7.49. The Balaban J connectivity index is 1.69. The number of ether oxygens (including phenoxy) is 1.